The highest BCUT2D eigenvalue weighted by atomic mass is 35.5. The van der Waals surface area contributed by atoms with Gasteiger partial charge < -0.3 is 4.74 Å². The predicted octanol–water partition coefficient (Wildman–Crippen LogP) is 7.67. The van der Waals surface area contributed by atoms with Gasteiger partial charge in [0, 0.05) is 21.2 Å². The van der Waals surface area contributed by atoms with Gasteiger partial charge in [-0.25, -0.2) is 13.1 Å². The van der Waals surface area contributed by atoms with Gasteiger partial charge in [0.05, 0.1) is 18.1 Å². The lowest BCUT2D eigenvalue weighted by molar-refractivity contribution is 0.0980. The molecule has 0 saturated carbocycles. The third-order valence-electron chi connectivity index (χ3n) is 6.46. The Hall–Kier alpha value is -2.90. The molecule has 0 radical (unpaired) electrons. The van der Waals surface area contributed by atoms with Crippen LogP contribution < -0.4 is 4.72 Å². The van der Waals surface area contributed by atoms with Gasteiger partial charge in [-0.05, 0) is 83.5 Å². The Morgan fingerprint density at radius 1 is 0.895 bits per heavy atom. The van der Waals surface area contributed by atoms with Gasteiger partial charge in [-0.2, -0.15) is 0 Å². The lowest BCUT2D eigenvalue weighted by Gasteiger charge is -2.10. The van der Waals surface area contributed by atoms with Crippen molar-refractivity contribution in [1.29, 1.82) is 0 Å². The van der Waals surface area contributed by atoms with Gasteiger partial charge in [-0.1, -0.05) is 73.4 Å². The summed E-state index contributed by atoms with van der Waals surface area (Å²) >= 11 is 12.1. The number of hydrogen-bond donors (Lipinski definition) is 1. The number of amides is 1. The smallest absolute Gasteiger partial charge is 0.264 e. The number of benzene rings is 2. The monoisotopic (exact) mass is 569 g/mol. The van der Waals surface area contributed by atoms with Gasteiger partial charge in [0.25, 0.3) is 15.9 Å². The van der Waals surface area contributed by atoms with Crippen LogP contribution in [0.2, 0.25) is 10.0 Å². The van der Waals surface area contributed by atoms with Crippen LogP contribution in [0.3, 0.4) is 0 Å². The molecule has 0 bridgehead atoms. The minimum Gasteiger partial charge on any atom is -0.372 e. The van der Waals surface area contributed by atoms with Crippen molar-refractivity contribution in [3.05, 3.63) is 110 Å². The second-order valence-corrected chi connectivity index (χ2v) is 12.2. The third kappa shape index (κ3) is 6.21. The van der Waals surface area contributed by atoms with E-state index >= 15 is 0 Å². The molecule has 0 aromatic heterocycles. The fraction of sp³-hybridized carbons (Fsp3) is 0.233. The van der Waals surface area contributed by atoms with Gasteiger partial charge in [-0.15, -0.1) is 0 Å². The summed E-state index contributed by atoms with van der Waals surface area (Å²) in [5, 5.41) is 1.09. The number of halogens is 2. The molecule has 0 atom stereocenters. The third-order valence-corrected chi connectivity index (χ3v) is 8.40. The van der Waals surface area contributed by atoms with E-state index in [9.17, 15) is 13.2 Å². The first-order valence-corrected chi connectivity index (χ1v) is 14.4. The molecule has 0 spiro atoms. The summed E-state index contributed by atoms with van der Waals surface area (Å²) in [6.45, 7) is 8.56. The second kappa shape index (κ2) is 11.5. The fourth-order valence-corrected chi connectivity index (χ4v) is 6.07. The number of hydrogen-bond acceptors (Lipinski definition) is 4. The molecular formula is C30H29Cl2NO4S. The van der Waals surface area contributed by atoms with Crippen molar-refractivity contribution < 1.29 is 17.9 Å². The molecule has 2 aromatic carbocycles. The average molecular weight is 571 g/mol. The minimum absolute atomic E-state index is 0.104. The summed E-state index contributed by atoms with van der Waals surface area (Å²) in [5.41, 5.74) is 6.17. The number of carbonyl (C=O) groups is 1. The lowest BCUT2D eigenvalue weighted by Crippen LogP contribution is -2.30. The number of ether oxygens (including phenoxy) is 1. The molecule has 8 heteroatoms. The van der Waals surface area contributed by atoms with Gasteiger partial charge in [0.1, 0.15) is 0 Å². The molecule has 4 rings (SSSR count). The van der Waals surface area contributed by atoms with Crippen LogP contribution in [0.1, 0.15) is 57.9 Å². The Balaban J connectivity index is 1.47. The number of fused-ring (bicyclic) bond motifs is 1. The number of aryl methyl sites for hydroxylation is 2. The van der Waals surface area contributed by atoms with E-state index in [4.69, 9.17) is 27.9 Å². The Morgan fingerprint density at radius 2 is 1.61 bits per heavy atom. The van der Waals surface area contributed by atoms with E-state index in [-0.39, 0.29) is 10.5 Å². The maximum Gasteiger partial charge on any atom is 0.264 e. The molecule has 38 heavy (non-hydrogen) atoms. The van der Waals surface area contributed by atoms with E-state index in [0.29, 0.717) is 34.7 Å². The van der Waals surface area contributed by atoms with Crippen molar-refractivity contribution in [3.63, 3.8) is 0 Å². The lowest BCUT2D eigenvalue weighted by atomic mass is 10.0. The standard InChI is InChI=1S/C30H29Cl2NO4S/c1-18(2)23-8-5-19(3)29-26(14-23)20(4)13-28(29)38(35,36)33-30(34)22-9-6-21(7-10-22)16-37-17-24-11-12-25(31)15-27(24)32/h5-15,18H,16-17H2,1-4H3,(H,33,34). The zero-order chi connectivity index (χ0) is 27.6. The first-order chi connectivity index (χ1) is 18.0. The highest BCUT2D eigenvalue weighted by molar-refractivity contribution is 7.90. The Kier molecular flexibility index (Phi) is 8.48. The molecule has 198 valence electrons. The SMILES string of the molecule is Cc1cc(S(=O)(=O)NC(=O)c2ccc(COCc3ccc(Cl)cc3Cl)cc2)c2c(C)ccc(C(C)C)cc1-2. The summed E-state index contributed by atoms with van der Waals surface area (Å²) in [4.78, 5) is 13.0. The molecule has 0 fully saturated rings. The van der Waals surface area contributed by atoms with Gasteiger partial charge in [0.15, 0.2) is 0 Å². The summed E-state index contributed by atoms with van der Waals surface area (Å²) in [5.74, 6) is -0.402. The Morgan fingerprint density at radius 3 is 2.26 bits per heavy atom. The van der Waals surface area contributed by atoms with Crippen LogP contribution in [0.25, 0.3) is 11.1 Å². The fourth-order valence-electron chi connectivity index (χ4n) is 4.27. The molecule has 0 unspecified atom stereocenters. The van der Waals surface area contributed by atoms with Crippen molar-refractivity contribution >= 4 is 39.1 Å². The van der Waals surface area contributed by atoms with Crippen LogP contribution in [0.15, 0.2) is 71.6 Å². The normalized spacial score (nSPS) is 11.8. The largest absolute Gasteiger partial charge is 0.372 e. The quantitative estimate of drug-likeness (QED) is 0.236. The zero-order valence-electron chi connectivity index (χ0n) is 21.6. The molecule has 0 aliphatic heterocycles. The van der Waals surface area contributed by atoms with Gasteiger partial charge in [-0.3, -0.25) is 4.79 Å². The van der Waals surface area contributed by atoms with E-state index < -0.39 is 15.9 Å². The van der Waals surface area contributed by atoms with Gasteiger partial charge in [0.2, 0.25) is 0 Å². The molecular weight excluding hydrogens is 541 g/mol. The molecule has 0 heterocycles. The van der Waals surface area contributed by atoms with E-state index in [1.807, 2.05) is 32.0 Å². The number of sulfonamides is 1. The van der Waals surface area contributed by atoms with Crippen LogP contribution in [0.5, 0.6) is 0 Å². The maximum atomic E-state index is 13.3. The highest BCUT2D eigenvalue weighted by Gasteiger charge is 2.27. The second-order valence-electron chi connectivity index (χ2n) is 9.66. The highest BCUT2D eigenvalue weighted by Crippen LogP contribution is 2.38. The van der Waals surface area contributed by atoms with Crippen LogP contribution in [-0.4, -0.2) is 14.3 Å². The van der Waals surface area contributed by atoms with Crippen molar-refractivity contribution in [2.24, 2.45) is 0 Å². The summed E-state index contributed by atoms with van der Waals surface area (Å²) < 4.78 is 34.6. The first-order valence-electron chi connectivity index (χ1n) is 12.2. The number of rotatable bonds is 8. The minimum atomic E-state index is -4.11. The Bertz CT molecular complexity index is 1560. The average Bonchev–Trinajstić information content (AvgIpc) is 3.09. The summed E-state index contributed by atoms with van der Waals surface area (Å²) in [6.07, 6.45) is 0. The molecule has 1 N–H and O–H groups in total. The summed E-state index contributed by atoms with van der Waals surface area (Å²) in [6, 6.07) is 19.4. The Labute approximate surface area is 234 Å². The number of carbonyl (C=O) groups excluding carboxylic acids is 1. The van der Waals surface area contributed by atoms with Crippen molar-refractivity contribution in [3.8, 4) is 11.1 Å². The molecule has 2 aliphatic rings. The van der Waals surface area contributed by atoms with Crippen LogP contribution in [-0.2, 0) is 28.0 Å². The first kappa shape index (κ1) is 28.1. The van der Waals surface area contributed by atoms with Gasteiger partial charge >= 0.3 is 0 Å². The topological polar surface area (TPSA) is 72.5 Å². The molecule has 2 aromatic rings. The van der Waals surface area contributed by atoms with E-state index in [0.717, 1.165) is 33.4 Å². The predicted molar refractivity (Wildman–Crippen MR) is 153 cm³/mol. The molecule has 1 amide bonds. The van der Waals surface area contributed by atoms with Crippen LogP contribution >= 0.6 is 23.2 Å². The van der Waals surface area contributed by atoms with E-state index in [2.05, 4.69) is 18.6 Å². The van der Waals surface area contributed by atoms with Crippen LogP contribution in [0.4, 0.5) is 0 Å². The molecule has 2 aliphatic carbocycles. The summed E-state index contributed by atoms with van der Waals surface area (Å²) in [7, 11) is -4.11. The van der Waals surface area contributed by atoms with Crippen molar-refractivity contribution in [1.82, 2.24) is 4.72 Å². The number of nitrogens with one attached hydrogen (secondary N) is 1. The van der Waals surface area contributed by atoms with Crippen molar-refractivity contribution in [2.75, 3.05) is 0 Å². The van der Waals surface area contributed by atoms with E-state index in [1.54, 1.807) is 48.5 Å². The zero-order valence-corrected chi connectivity index (χ0v) is 24.0. The molecule has 5 nitrogen and oxygen atoms in total. The molecule has 0 saturated heterocycles. The van der Waals surface area contributed by atoms with Crippen LogP contribution in [0, 0.1) is 13.8 Å². The maximum absolute atomic E-state index is 13.3. The van der Waals surface area contributed by atoms with E-state index in [1.165, 1.54) is 0 Å². The van der Waals surface area contributed by atoms with Crippen molar-refractivity contribution in [2.45, 2.75) is 51.7 Å².